The molecule has 3 N–H and O–H groups in total. The van der Waals surface area contributed by atoms with E-state index in [1.54, 1.807) is 29.7 Å². The van der Waals surface area contributed by atoms with Crippen molar-refractivity contribution < 1.29 is 9.53 Å². The Hall–Kier alpha value is -3.63. The highest BCUT2D eigenvalue weighted by Crippen LogP contribution is 2.44. The molecule has 1 aliphatic heterocycles. The molecule has 1 saturated heterocycles. The number of nitrogens with two attached hydrogens (primary N) is 1. The highest BCUT2D eigenvalue weighted by Gasteiger charge is 2.30. The van der Waals surface area contributed by atoms with E-state index in [1.807, 2.05) is 24.3 Å². The number of anilines is 3. The van der Waals surface area contributed by atoms with Gasteiger partial charge >= 0.3 is 0 Å². The van der Waals surface area contributed by atoms with E-state index in [0.717, 1.165) is 58.4 Å². The van der Waals surface area contributed by atoms with Crippen molar-refractivity contribution in [2.45, 2.75) is 18.8 Å². The van der Waals surface area contributed by atoms with E-state index in [0.29, 0.717) is 36.3 Å². The van der Waals surface area contributed by atoms with Gasteiger partial charge in [-0.15, -0.1) is 0 Å². The van der Waals surface area contributed by atoms with Crippen molar-refractivity contribution in [3.05, 3.63) is 54.0 Å². The third-order valence-electron chi connectivity index (χ3n) is 5.95. The normalized spacial score (nSPS) is 16.1. The lowest BCUT2D eigenvalue weighted by molar-refractivity contribution is 0.102. The highest BCUT2D eigenvalue weighted by atomic mass is 32.1. The Labute approximate surface area is 200 Å². The molecule has 2 aliphatic rings. The van der Waals surface area contributed by atoms with E-state index in [1.165, 1.54) is 0 Å². The van der Waals surface area contributed by atoms with Crippen LogP contribution in [-0.4, -0.2) is 52.1 Å². The van der Waals surface area contributed by atoms with Gasteiger partial charge in [0.2, 0.25) is 0 Å². The zero-order valence-corrected chi connectivity index (χ0v) is 19.2. The molecular weight excluding hydrogens is 450 g/mol. The molecule has 4 aromatic heterocycles. The first-order valence-corrected chi connectivity index (χ1v) is 12.1. The number of hydrogen-bond donors (Lipinski definition) is 2. The van der Waals surface area contributed by atoms with Gasteiger partial charge in [-0.25, -0.2) is 15.0 Å². The quantitative estimate of drug-likeness (QED) is 0.450. The lowest BCUT2D eigenvalue weighted by Crippen LogP contribution is -2.36. The zero-order valence-electron chi connectivity index (χ0n) is 18.4. The number of pyridine rings is 3. The number of ether oxygens (including phenoxy) is 1. The maximum absolute atomic E-state index is 13.2. The molecule has 0 unspecified atom stereocenters. The molecule has 0 atom stereocenters. The molecular formula is C24H23N7O2S. The smallest absolute Gasteiger partial charge is 0.274 e. The van der Waals surface area contributed by atoms with Gasteiger partial charge in [-0.3, -0.25) is 4.79 Å². The molecule has 0 aromatic carbocycles. The van der Waals surface area contributed by atoms with Crippen LogP contribution in [0, 0.1) is 0 Å². The maximum Gasteiger partial charge on any atom is 0.274 e. The maximum atomic E-state index is 13.2. The van der Waals surface area contributed by atoms with Crippen LogP contribution >= 0.6 is 11.3 Å². The molecule has 0 radical (unpaired) electrons. The summed E-state index contributed by atoms with van der Waals surface area (Å²) in [7, 11) is 0. The third-order valence-corrected chi connectivity index (χ3v) is 7.01. The Morgan fingerprint density at radius 3 is 2.76 bits per heavy atom. The van der Waals surface area contributed by atoms with Crippen LogP contribution in [0.15, 0.2) is 42.6 Å². The first-order chi connectivity index (χ1) is 16.6. The number of fused-ring (bicyclic) bond motifs is 1. The second-order valence-electron chi connectivity index (χ2n) is 8.44. The summed E-state index contributed by atoms with van der Waals surface area (Å²) >= 11 is 1.59. The Morgan fingerprint density at radius 2 is 1.97 bits per heavy atom. The topological polar surface area (TPSA) is 119 Å². The number of rotatable bonds is 5. The predicted molar refractivity (Wildman–Crippen MR) is 132 cm³/mol. The number of thiazole rings is 1. The Bertz CT molecular complexity index is 1380. The largest absolute Gasteiger partial charge is 0.384 e. The molecule has 0 spiro atoms. The summed E-state index contributed by atoms with van der Waals surface area (Å²) in [6.45, 7) is 3.06. The van der Waals surface area contributed by atoms with E-state index in [-0.39, 0.29) is 5.91 Å². The summed E-state index contributed by atoms with van der Waals surface area (Å²) in [5.74, 6) is 0.487. The zero-order chi connectivity index (χ0) is 23.1. The van der Waals surface area contributed by atoms with Crippen LogP contribution in [0.4, 0.5) is 16.6 Å². The summed E-state index contributed by atoms with van der Waals surface area (Å²) in [5, 5.41) is 4.01. The van der Waals surface area contributed by atoms with E-state index < -0.39 is 0 Å². The van der Waals surface area contributed by atoms with Crippen LogP contribution in [-0.2, 0) is 4.74 Å². The SMILES string of the molecule is Nc1cc(-c2cccc(C(=O)Nc3cc4sc(N5CCOCC5)nc4nc3C3CC3)n2)ccn1. The van der Waals surface area contributed by atoms with E-state index in [9.17, 15) is 4.79 Å². The number of hydrogen-bond acceptors (Lipinski definition) is 9. The minimum Gasteiger partial charge on any atom is -0.384 e. The van der Waals surface area contributed by atoms with Gasteiger partial charge in [-0.05, 0) is 43.2 Å². The van der Waals surface area contributed by atoms with E-state index in [4.69, 9.17) is 20.4 Å². The van der Waals surface area contributed by atoms with E-state index >= 15 is 0 Å². The van der Waals surface area contributed by atoms with Crippen LogP contribution < -0.4 is 16.0 Å². The van der Waals surface area contributed by atoms with Crippen LogP contribution in [0.25, 0.3) is 21.6 Å². The molecule has 34 heavy (non-hydrogen) atoms. The standard InChI is InChI=1S/C24H23N7O2S/c25-20-12-15(6-7-26-20)16-2-1-3-17(27-16)23(32)28-18-13-19-22(29-21(18)14-4-5-14)30-24(34-19)31-8-10-33-11-9-31/h1-3,6-7,12-14H,4-5,8-11H2,(H2,25,26)(H,28,32). The van der Waals surface area contributed by atoms with Gasteiger partial charge in [-0.1, -0.05) is 17.4 Å². The summed E-state index contributed by atoms with van der Waals surface area (Å²) < 4.78 is 6.41. The average Bonchev–Trinajstić information content (AvgIpc) is 3.63. The molecule has 172 valence electrons. The average molecular weight is 474 g/mol. The van der Waals surface area contributed by atoms with Crippen LogP contribution in [0.5, 0.6) is 0 Å². The molecule has 1 aliphatic carbocycles. The summed E-state index contributed by atoms with van der Waals surface area (Å²) in [6.07, 6.45) is 3.76. The number of nitrogen functional groups attached to an aromatic ring is 1. The van der Waals surface area contributed by atoms with Crippen LogP contribution in [0.2, 0.25) is 0 Å². The molecule has 6 rings (SSSR count). The first-order valence-electron chi connectivity index (χ1n) is 11.3. The van der Waals surface area contributed by atoms with Crippen molar-refractivity contribution >= 4 is 44.2 Å². The summed E-state index contributed by atoms with van der Waals surface area (Å²) in [6, 6.07) is 10.9. The second-order valence-corrected chi connectivity index (χ2v) is 9.45. The number of nitrogens with zero attached hydrogens (tertiary/aromatic N) is 5. The van der Waals surface area contributed by atoms with Crippen molar-refractivity contribution in [2.24, 2.45) is 0 Å². The van der Waals surface area contributed by atoms with Crippen molar-refractivity contribution in [1.29, 1.82) is 0 Å². The summed E-state index contributed by atoms with van der Waals surface area (Å²) in [5.41, 5.74) is 9.97. The van der Waals surface area contributed by atoms with Gasteiger partial charge in [0, 0.05) is 30.8 Å². The Morgan fingerprint density at radius 1 is 1.12 bits per heavy atom. The van der Waals surface area contributed by atoms with Crippen molar-refractivity contribution in [1.82, 2.24) is 19.9 Å². The lowest BCUT2D eigenvalue weighted by Gasteiger charge is -2.25. The van der Waals surface area contributed by atoms with Gasteiger partial charge in [0.05, 0.1) is 35.0 Å². The van der Waals surface area contributed by atoms with Crippen molar-refractivity contribution in [2.75, 3.05) is 42.3 Å². The number of carbonyl (C=O) groups is 1. The molecule has 10 heteroatoms. The van der Waals surface area contributed by atoms with Gasteiger partial charge in [0.25, 0.3) is 5.91 Å². The fourth-order valence-electron chi connectivity index (χ4n) is 4.04. The number of nitrogens with one attached hydrogen (secondary N) is 1. The third kappa shape index (κ3) is 4.17. The molecule has 9 nitrogen and oxygen atoms in total. The minimum absolute atomic E-state index is 0.273. The van der Waals surface area contributed by atoms with Gasteiger partial charge in [-0.2, -0.15) is 4.98 Å². The number of amides is 1. The monoisotopic (exact) mass is 473 g/mol. The molecule has 1 saturated carbocycles. The molecule has 5 heterocycles. The number of aromatic nitrogens is 4. The fourth-order valence-corrected chi connectivity index (χ4v) is 5.04. The number of carbonyl (C=O) groups excluding carboxylic acids is 1. The molecule has 1 amide bonds. The molecule has 2 fully saturated rings. The highest BCUT2D eigenvalue weighted by molar-refractivity contribution is 7.22. The van der Waals surface area contributed by atoms with Gasteiger partial charge in [0.1, 0.15) is 11.5 Å². The Balaban J connectivity index is 1.30. The van der Waals surface area contributed by atoms with E-state index in [2.05, 4.69) is 20.2 Å². The lowest BCUT2D eigenvalue weighted by atomic mass is 10.1. The van der Waals surface area contributed by atoms with Gasteiger partial charge in [0.15, 0.2) is 10.8 Å². The second kappa shape index (κ2) is 8.62. The predicted octanol–water partition coefficient (Wildman–Crippen LogP) is 3.70. The molecule has 4 aromatic rings. The summed E-state index contributed by atoms with van der Waals surface area (Å²) in [4.78, 5) is 33.6. The van der Waals surface area contributed by atoms with Gasteiger partial charge < -0.3 is 20.7 Å². The minimum atomic E-state index is -0.273. The van der Waals surface area contributed by atoms with Crippen molar-refractivity contribution in [3.63, 3.8) is 0 Å². The Kier molecular flexibility index (Phi) is 5.31. The van der Waals surface area contributed by atoms with Crippen molar-refractivity contribution in [3.8, 4) is 11.3 Å². The fraction of sp³-hybridized carbons (Fsp3) is 0.292. The first kappa shape index (κ1) is 20.9. The van der Waals surface area contributed by atoms with Crippen LogP contribution in [0.1, 0.15) is 34.9 Å². The molecule has 0 bridgehead atoms. The van der Waals surface area contributed by atoms with Crippen LogP contribution in [0.3, 0.4) is 0 Å². The number of morpholine rings is 1.